The average molecular weight is 355 g/mol. The molecular formula is C21H38O2S. The molecule has 24 heavy (non-hydrogen) atoms. The zero-order valence-corrected chi connectivity index (χ0v) is 16.6. The number of ether oxygens (including phenoxy) is 1. The number of hydrogen-bond acceptors (Lipinski definition) is 3. The minimum absolute atomic E-state index is 0.118. The molecule has 0 aromatic heterocycles. The average Bonchev–Trinajstić information content (AvgIpc) is 2.63. The third-order valence-electron chi connectivity index (χ3n) is 4.75. The summed E-state index contributed by atoms with van der Waals surface area (Å²) in [5.74, 6) is 1.09. The first-order valence-corrected chi connectivity index (χ1v) is 11.3. The maximum absolute atomic E-state index is 10.8. The van der Waals surface area contributed by atoms with Crippen LogP contribution in [0.5, 0.6) is 0 Å². The normalized spacial score (nSPS) is 17.0. The van der Waals surface area contributed by atoms with Gasteiger partial charge in [0.2, 0.25) is 6.29 Å². The van der Waals surface area contributed by atoms with Crippen molar-refractivity contribution >= 4 is 18.0 Å². The summed E-state index contributed by atoms with van der Waals surface area (Å²) >= 11 is 1.77. The Labute approximate surface area is 154 Å². The summed E-state index contributed by atoms with van der Waals surface area (Å²) in [6, 6.07) is 0. The lowest BCUT2D eigenvalue weighted by Gasteiger charge is -2.21. The van der Waals surface area contributed by atoms with Gasteiger partial charge in [-0.1, -0.05) is 51.9 Å². The molecule has 3 heteroatoms. The van der Waals surface area contributed by atoms with Gasteiger partial charge in [0.25, 0.3) is 0 Å². The third-order valence-corrected chi connectivity index (χ3v) is 6.13. The van der Waals surface area contributed by atoms with Crippen LogP contribution in [-0.4, -0.2) is 30.0 Å². The predicted molar refractivity (Wildman–Crippen MR) is 106 cm³/mol. The van der Waals surface area contributed by atoms with E-state index in [2.05, 4.69) is 19.6 Å². The lowest BCUT2D eigenvalue weighted by Crippen LogP contribution is -2.17. The molecule has 0 aromatic rings. The molecule has 0 bridgehead atoms. The van der Waals surface area contributed by atoms with Crippen molar-refractivity contribution in [1.29, 1.82) is 0 Å². The molecule has 1 aliphatic rings. The zero-order valence-electron chi connectivity index (χ0n) is 15.8. The van der Waals surface area contributed by atoms with Gasteiger partial charge in [-0.05, 0) is 57.1 Å². The van der Waals surface area contributed by atoms with Crippen LogP contribution in [-0.2, 0) is 9.53 Å². The number of unbranched alkanes of at least 4 members (excludes halogenated alkanes) is 7. The number of rotatable bonds is 16. The van der Waals surface area contributed by atoms with Gasteiger partial charge in [-0.15, -0.1) is 0 Å². The molecule has 2 nitrogen and oxygen atoms in total. The SMILES string of the molecule is CCCSC([C]=O)CCCCCCCCCCOC1CC[CH]CC1. The van der Waals surface area contributed by atoms with Crippen molar-refractivity contribution in [2.45, 2.75) is 108 Å². The predicted octanol–water partition coefficient (Wildman–Crippen LogP) is 6.28. The molecule has 0 N–H and O–H groups in total. The quantitative estimate of drug-likeness (QED) is 0.305. The van der Waals surface area contributed by atoms with Crippen molar-refractivity contribution in [3.05, 3.63) is 6.42 Å². The van der Waals surface area contributed by atoms with Gasteiger partial charge in [0.05, 0.1) is 11.4 Å². The number of thioether (sulfide) groups is 1. The molecule has 1 rings (SSSR count). The van der Waals surface area contributed by atoms with Gasteiger partial charge in [0.15, 0.2) is 0 Å². The van der Waals surface area contributed by atoms with Gasteiger partial charge in [-0.2, -0.15) is 11.8 Å². The first-order valence-electron chi connectivity index (χ1n) is 10.3. The van der Waals surface area contributed by atoms with Gasteiger partial charge in [0, 0.05) is 6.61 Å². The first-order chi connectivity index (χ1) is 11.9. The Morgan fingerprint density at radius 3 is 2.29 bits per heavy atom. The second-order valence-corrected chi connectivity index (χ2v) is 8.34. The van der Waals surface area contributed by atoms with Gasteiger partial charge in [-0.3, -0.25) is 4.79 Å². The Balaban J connectivity index is 1.77. The van der Waals surface area contributed by atoms with Gasteiger partial charge in [0.1, 0.15) is 0 Å². The van der Waals surface area contributed by atoms with Gasteiger partial charge in [-0.25, -0.2) is 0 Å². The molecule has 0 aliphatic heterocycles. The van der Waals surface area contributed by atoms with E-state index < -0.39 is 0 Å². The van der Waals surface area contributed by atoms with E-state index in [9.17, 15) is 4.79 Å². The van der Waals surface area contributed by atoms with Crippen molar-refractivity contribution in [2.75, 3.05) is 12.4 Å². The van der Waals surface area contributed by atoms with E-state index in [-0.39, 0.29) is 5.25 Å². The summed E-state index contributed by atoms with van der Waals surface area (Å²) in [5, 5.41) is 0.118. The molecule has 0 heterocycles. The van der Waals surface area contributed by atoms with Crippen molar-refractivity contribution in [3.8, 4) is 0 Å². The van der Waals surface area contributed by atoms with Gasteiger partial charge < -0.3 is 4.74 Å². The molecule has 2 radical (unpaired) electrons. The highest BCUT2D eigenvalue weighted by Gasteiger charge is 2.13. The second-order valence-electron chi connectivity index (χ2n) is 7.03. The second kappa shape index (κ2) is 16.4. The summed E-state index contributed by atoms with van der Waals surface area (Å²) in [5.41, 5.74) is 0. The molecule has 1 unspecified atom stereocenters. The largest absolute Gasteiger partial charge is 0.378 e. The Hall–Kier alpha value is -0.0200. The minimum atomic E-state index is 0.118. The van der Waals surface area contributed by atoms with Crippen LogP contribution in [0.15, 0.2) is 0 Å². The van der Waals surface area contributed by atoms with E-state index in [1.807, 2.05) is 0 Å². The van der Waals surface area contributed by atoms with Gasteiger partial charge >= 0.3 is 0 Å². The fourth-order valence-corrected chi connectivity index (χ4v) is 4.16. The molecule has 0 amide bonds. The third kappa shape index (κ3) is 12.4. The molecular weight excluding hydrogens is 316 g/mol. The van der Waals surface area contributed by atoms with Crippen LogP contribution in [0.2, 0.25) is 0 Å². The van der Waals surface area contributed by atoms with Crippen molar-refractivity contribution in [3.63, 3.8) is 0 Å². The summed E-state index contributed by atoms with van der Waals surface area (Å²) in [6.45, 7) is 3.12. The lowest BCUT2D eigenvalue weighted by molar-refractivity contribution is 0.0326. The van der Waals surface area contributed by atoms with Crippen molar-refractivity contribution in [2.24, 2.45) is 0 Å². The number of carbonyl (C=O) groups excluding carboxylic acids is 1. The fourth-order valence-electron chi connectivity index (χ4n) is 3.24. The van der Waals surface area contributed by atoms with Crippen LogP contribution < -0.4 is 0 Å². The number of hydrogen-bond donors (Lipinski definition) is 0. The van der Waals surface area contributed by atoms with Crippen molar-refractivity contribution < 1.29 is 9.53 Å². The molecule has 140 valence electrons. The molecule has 1 aliphatic carbocycles. The summed E-state index contributed by atoms with van der Waals surface area (Å²) < 4.78 is 5.95. The van der Waals surface area contributed by atoms with Crippen LogP contribution in [0, 0.1) is 6.42 Å². The molecule has 1 saturated carbocycles. The van der Waals surface area contributed by atoms with Crippen LogP contribution >= 0.6 is 11.8 Å². The summed E-state index contributed by atoms with van der Waals surface area (Å²) in [4.78, 5) is 10.8. The van der Waals surface area contributed by atoms with Crippen LogP contribution in [0.25, 0.3) is 0 Å². The highest BCUT2D eigenvalue weighted by molar-refractivity contribution is 8.00. The van der Waals surface area contributed by atoms with Crippen LogP contribution in [0.4, 0.5) is 0 Å². The maximum Gasteiger partial charge on any atom is 0.212 e. The lowest BCUT2D eigenvalue weighted by atomic mass is 9.98. The molecule has 1 atom stereocenters. The molecule has 0 aromatic carbocycles. The molecule has 1 fully saturated rings. The van der Waals surface area contributed by atoms with E-state index in [1.165, 1.54) is 77.0 Å². The van der Waals surface area contributed by atoms with E-state index in [0.29, 0.717) is 6.10 Å². The fraction of sp³-hybridized carbons (Fsp3) is 0.905. The highest BCUT2D eigenvalue weighted by Crippen LogP contribution is 2.20. The van der Waals surface area contributed by atoms with Crippen LogP contribution in [0.3, 0.4) is 0 Å². The maximum atomic E-state index is 10.8. The van der Waals surface area contributed by atoms with Crippen molar-refractivity contribution in [1.82, 2.24) is 0 Å². The Morgan fingerprint density at radius 1 is 1.04 bits per heavy atom. The summed E-state index contributed by atoms with van der Waals surface area (Å²) in [7, 11) is 0. The minimum Gasteiger partial charge on any atom is -0.378 e. The Morgan fingerprint density at radius 2 is 1.67 bits per heavy atom. The zero-order chi connectivity index (χ0) is 17.3. The van der Waals surface area contributed by atoms with Crippen LogP contribution in [0.1, 0.15) is 96.8 Å². The summed E-state index contributed by atoms with van der Waals surface area (Å²) in [6.07, 6.45) is 22.6. The molecule has 0 spiro atoms. The standard InChI is InChI=1S/C21H38O2S/c1-2-18-24-21(19-22)16-12-7-5-3-4-6-8-13-17-23-20-14-10-9-11-15-20/h9,20-21H,2-8,10-18H2,1H3. The smallest absolute Gasteiger partial charge is 0.212 e. The Bertz CT molecular complexity index is 277. The van der Waals surface area contributed by atoms with E-state index in [4.69, 9.17) is 4.74 Å². The van der Waals surface area contributed by atoms with E-state index in [1.54, 1.807) is 11.8 Å². The van der Waals surface area contributed by atoms with E-state index in [0.717, 1.165) is 25.2 Å². The van der Waals surface area contributed by atoms with E-state index >= 15 is 0 Å². The first kappa shape index (κ1) is 22.0. The highest BCUT2D eigenvalue weighted by atomic mass is 32.2. The molecule has 0 saturated heterocycles. The Kier molecular flexibility index (Phi) is 15.1. The topological polar surface area (TPSA) is 26.3 Å². The monoisotopic (exact) mass is 354 g/mol.